The van der Waals surface area contributed by atoms with Crippen molar-refractivity contribution < 1.29 is 28.9 Å². The lowest BCUT2D eigenvalue weighted by Crippen LogP contribution is -2.65. The average Bonchev–Trinajstić information content (AvgIpc) is 3.07. The van der Waals surface area contributed by atoms with E-state index in [1.807, 2.05) is 24.3 Å². The number of aliphatic hydroxyl groups is 1. The predicted octanol–water partition coefficient (Wildman–Crippen LogP) is 7.67. The monoisotopic (exact) mass is 677 g/mol. The Morgan fingerprint density at radius 3 is 2.29 bits per heavy atom. The minimum atomic E-state index is -0.797. The van der Waals surface area contributed by atoms with Crippen molar-refractivity contribution >= 4 is 11.9 Å². The van der Waals surface area contributed by atoms with Gasteiger partial charge in [-0.3, -0.25) is 9.59 Å². The molecule has 5 aliphatic rings. The quantitative estimate of drug-likeness (QED) is 0.165. The fraction of sp³-hybridized carbons (Fsp3) is 0.762. The zero-order valence-corrected chi connectivity index (χ0v) is 31.5. The van der Waals surface area contributed by atoms with Gasteiger partial charge in [-0.05, 0) is 133 Å². The maximum absolute atomic E-state index is 14.3. The molecule has 3 N–H and O–H groups in total. The van der Waals surface area contributed by atoms with Crippen LogP contribution in [0.1, 0.15) is 112 Å². The van der Waals surface area contributed by atoms with Crippen LogP contribution in [-0.2, 0) is 25.5 Å². The number of rotatable bonds is 8. The molecule has 0 aliphatic heterocycles. The fourth-order valence-corrected chi connectivity index (χ4v) is 12.5. The van der Waals surface area contributed by atoms with Crippen LogP contribution in [0.2, 0.25) is 0 Å². The lowest BCUT2D eigenvalue weighted by Gasteiger charge is -2.71. The van der Waals surface area contributed by atoms with Crippen molar-refractivity contribution in [3.05, 3.63) is 41.5 Å². The number of carbonyl (C=O) groups excluding carboxylic acids is 2. The summed E-state index contributed by atoms with van der Waals surface area (Å²) in [6, 6.07) is 6.67. The second-order valence-corrected chi connectivity index (χ2v) is 18.1. The van der Waals surface area contributed by atoms with Gasteiger partial charge in [0, 0.05) is 0 Å². The zero-order valence-electron chi connectivity index (χ0n) is 31.5. The van der Waals surface area contributed by atoms with E-state index < -0.39 is 17.4 Å². The van der Waals surface area contributed by atoms with Crippen molar-refractivity contribution in [3.8, 4) is 5.75 Å². The van der Waals surface area contributed by atoms with Crippen LogP contribution in [0, 0.1) is 56.7 Å². The van der Waals surface area contributed by atoms with Crippen LogP contribution in [0.3, 0.4) is 0 Å². The third-order valence-electron chi connectivity index (χ3n) is 15.9. The Labute approximate surface area is 295 Å². The summed E-state index contributed by atoms with van der Waals surface area (Å²) < 4.78 is 16.7. The van der Waals surface area contributed by atoms with Gasteiger partial charge in [0.2, 0.25) is 0 Å². The third kappa shape index (κ3) is 5.68. The SMILES string of the molecule is COc1ccc(CC(N)C(=O)OCCOC(=O)[C@]23CC[C@@H](C)[C@H](C)[C@H]2C2=CC[C@@H]4[C@@]5(C)CC[C@H](O)C(C)(C)C5CC[C@@]4(C)[C@]2(C)CC3)cc1. The summed E-state index contributed by atoms with van der Waals surface area (Å²) in [5.41, 5.74) is 8.31. The van der Waals surface area contributed by atoms with Crippen LogP contribution in [0.5, 0.6) is 5.75 Å². The van der Waals surface area contributed by atoms with Crippen molar-refractivity contribution in [2.45, 2.75) is 125 Å². The summed E-state index contributed by atoms with van der Waals surface area (Å²) in [5, 5.41) is 11.1. The molecule has 7 heteroatoms. The topological polar surface area (TPSA) is 108 Å². The lowest BCUT2D eigenvalue weighted by atomic mass is 9.33. The number of carbonyl (C=O) groups is 2. The molecule has 0 amide bonds. The van der Waals surface area contributed by atoms with Gasteiger partial charge in [0.25, 0.3) is 0 Å². The van der Waals surface area contributed by atoms with E-state index in [-0.39, 0.29) is 52.9 Å². The van der Waals surface area contributed by atoms with E-state index in [0.717, 1.165) is 62.7 Å². The molecule has 6 rings (SSSR count). The zero-order chi connectivity index (χ0) is 35.6. The van der Waals surface area contributed by atoms with Crippen molar-refractivity contribution in [2.24, 2.45) is 62.4 Å². The van der Waals surface area contributed by atoms with E-state index in [4.69, 9.17) is 19.9 Å². The Bertz CT molecular complexity index is 1440. The van der Waals surface area contributed by atoms with Crippen molar-refractivity contribution in [2.75, 3.05) is 20.3 Å². The van der Waals surface area contributed by atoms with Crippen LogP contribution in [0.25, 0.3) is 0 Å². The molecule has 11 atom stereocenters. The number of hydrogen-bond acceptors (Lipinski definition) is 7. The summed E-state index contributed by atoms with van der Waals surface area (Å²) in [4.78, 5) is 27.0. The van der Waals surface area contributed by atoms with Gasteiger partial charge in [-0.25, -0.2) is 0 Å². The van der Waals surface area contributed by atoms with Crippen molar-refractivity contribution in [1.82, 2.24) is 0 Å². The summed E-state index contributed by atoms with van der Waals surface area (Å²) in [5.74, 6) is 2.25. The standard InChI is InChI=1S/C42H63NO6/c1-26-15-20-42(37(46)49-24-23-48-36(45)31(43)25-28-9-11-29(47-8)12-10-28)22-21-40(6)30(35(42)27(26)2)13-14-33-39(5)18-17-34(44)38(3,4)32(39)16-19-41(33,40)7/h9-13,26-27,31-35,44H,14-25,43H2,1-8H3/t26-,27+,31?,32?,33-,34+,35+,39+,40-,41-,42+/m1/s1. The van der Waals surface area contributed by atoms with Gasteiger partial charge in [-0.15, -0.1) is 0 Å². The highest BCUT2D eigenvalue weighted by Gasteiger charge is 2.69. The normalized spacial score (nSPS) is 41.5. The lowest BCUT2D eigenvalue weighted by molar-refractivity contribution is -0.207. The highest BCUT2D eigenvalue weighted by atomic mass is 16.6. The first kappa shape index (κ1) is 36.4. The van der Waals surface area contributed by atoms with E-state index in [2.05, 4.69) is 54.5 Å². The number of methoxy groups -OCH3 is 1. The molecule has 0 radical (unpaired) electrons. The molecule has 0 saturated heterocycles. The summed E-state index contributed by atoms with van der Waals surface area (Å²) in [6.07, 6.45) is 11.7. The van der Waals surface area contributed by atoms with Crippen LogP contribution < -0.4 is 10.5 Å². The van der Waals surface area contributed by atoms with Gasteiger partial charge in [-0.1, -0.05) is 72.2 Å². The third-order valence-corrected chi connectivity index (χ3v) is 15.9. The van der Waals surface area contributed by atoms with Gasteiger partial charge >= 0.3 is 11.9 Å². The molecule has 0 heterocycles. The van der Waals surface area contributed by atoms with Gasteiger partial charge in [0.15, 0.2) is 0 Å². The average molecular weight is 678 g/mol. The maximum atomic E-state index is 14.3. The highest BCUT2D eigenvalue weighted by Crippen LogP contribution is 2.75. The van der Waals surface area contributed by atoms with E-state index >= 15 is 0 Å². The van der Waals surface area contributed by atoms with Crippen LogP contribution in [-0.4, -0.2) is 49.5 Å². The number of allylic oxidation sites excluding steroid dienone is 2. The minimum absolute atomic E-state index is 0.00144. The number of fused-ring (bicyclic) bond motifs is 7. The minimum Gasteiger partial charge on any atom is -0.497 e. The Balaban J connectivity index is 1.17. The van der Waals surface area contributed by atoms with Crippen LogP contribution in [0.4, 0.5) is 0 Å². The molecule has 1 aromatic rings. The molecule has 272 valence electrons. The largest absolute Gasteiger partial charge is 0.497 e. The Kier molecular flexibility index (Phi) is 9.65. The Hall–Kier alpha value is -2.38. The number of ether oxygens (including phenoxy) is 3. The Morgan fingerprint density at radius 2 is 1.59 bits per heavy atom. The molecule has 0 bridgehead atoms. The molecular formula is C42H63NO6. The molecule has 1 aromatic carbocycles. The smallest absolute Gasteiger partial charge is 0.323 e. The molecule has 4 fully saturated rings. The summed E-state index contributed by atoms with van der Waals surface area (Å²) in [6.45, 7) is 17.0. The van der Waals surface area contributed by atoms with E-state index in [0.29, 0.717) is 30.1 Å². The van der Waals surface area contributed by atoms with E-state index in [1.165, 1.54) is 12.0 Å². The fourth-order valence-electron chi connectivity index (χ4n) is 12.5. The first-order valence-electron chi connectivity index (χ1n) is 19.2. The van der Waals surface area contributed by atoms with Gasteiger partial charge in [0.1, 0.15) is 25.0 Å². The summed E-state index contributed by atoms with van der Waals surface area (Å²) >= 11 is 0. The molecular weight excluding hydrogens is 614 g/mol. The number of benzene rings is 1. The van der Waals surface area contributed by atoms with Crippen LogP contribution in [0.15, 0.2) is 35.9 Å². The second kappa shape index (κ2) is 13.0. The highest BCUT2D eigenvalue weighted by molar-refractivity contribution is 5.79. The van der Waals surface area contributed by atoms with Crippen molar-refractivity contribution in [3.63, 3.8) is 0 Å². The second-order valence-electron chi connectivity index (χ2n) is 18.1. The molecule has 49 heavy (non-hydrogen) atoms. The number of hydrogen-bond donors (Lipinski definition) is 2. The first-order chi connectivity index (χ1) is 23.0. The van der Waals surface area contributed by atoms with Crippen molar-refractivity contribution in [1.29, 1.82) is 0 Å². The first-order valence-corrected chi connectivity index (χ1v) is 19.2. The number of nitrogens with two attached hydrogens (primary N) is 1. The Morgan fingerprint density at radius 1 is 0.898 bits per heavy atom. The van der Waals surface area contributed by atoms with Crippen LogP contribution >= 0.6 is 0 Å². The van der Waals surface area contributed by atoms with E-state index in [9.17, 15) is 14.7 Å². The van der Waals surface area contributed by atoms with E-state index in [1.54, 1.807) is 7.11 Å². The summed E-state index contributed by atoms with van der Waals surface area (Å²) in [7, 11) is 1.61. The molecule has 0 aromatic heterocycles. The molecule has 5 aliphatic carbocycles. The maximum Gasteiger partial charge on any atom is 0.323 e. The molecule has 7 nitrogen and oxygen atoms in total. The molecule has 4 saturated carbocycles. The molecule has 0 spiro atoms. The van der Waals surface area contributed by atoms with Gasteiger partial charge < -0.3 is 25.1 Å². The predicted molar refractivity (Wildman–Crippen MR) is 192 cm³/mol. The van der Waals surface area contributed by atoms with Gasteiger partial charge in [-0.2, -0.15) is 0 Å². The molecule has 2 unspecified atom stereocenters. The number of aliphatic hydroxyl groups excluding tert-OH is 1. The van der Waals surface area contributed by atoms with Gasteiger partial charge in [0.05, 0.1) is 18.6 Å². The number of esters is 2.